The van der Waals surface area contributed by atoms with Gasteiger partial charge in [-0.2, -0.15) is 0 Å². The molecular formula is C21H35NO. The molecule has 1 N–H and O–H groups in total. The highest BCUT2D eigenvalue weighted by Gasteiger charge is 2.43. The van der Waals surface area contributed by atoms with E-state index in [2.05, 4.69) is 70.3 Å². The molecule has 0 aromatic heterocycles. The molecule has 0 unspecified atom stereocenters. The van der Waals surface area contributed by atoms with E-state index in [4.69, 9.17) is 4.74 Å². The smallest absolute Gasteiger partial charge is 0.0657 e. The second-order valence-corrected chi connectivity index (χ2v) is 7.93. The molecule has 0 radical (unpaired) electrons. The number of hydrogen-bond donors (Lipinski definition) is 1. The molecule has 0 spiro atoms. The SMILES string of the molecule is CC[C@@]1(C)C[C@@](CCN[C@H](C)c2ccccc2)(C(C)C)CCO1. The second-order valence-electron chi connectivity index (χ2n) is 7.93. The summed E-state index contributed by atoms with van der Waals surface area (Å²) in [5, 5.41) is 3.73. The maximum absolute atomic E-state index is 6.10. The third-order valence-electron chi connectivity index (χ3n) is 6.12. The van der Waals surface area contributed by atoms with E-state index in [1.807, 2.05) is 0 Å². The van der Waals surface area contributed by atoms with Gasteiger partial charge in [0.15, 0.2) is 0 Å². The van der Waals surface area contributed by atoms with Crippen molar-refractivity contribution in [2.24, 2.45) is 11.3 Å². The second kappa shape index (κ2) is 7.81. The fraction of sp³-hybridized carbons (Fsp3) is 0.714. The van der Waals surface area contributed by atoms with Crippen LogP contribution in [0.25, 0.3) is 0 Å². The van der Waals surface area contributed by atoms with Crippen LogP contribution in [0.3, 0.4) is 0 Å². The standard InChI is InChI=1S/C21H35NO/c1-6-20(5)16-21(17(2)3,13-15-23-20)12-14-22-18(4)19-10-8-7-9-11-19/h7-11,17-18,22H,6,12-16H2,1-5H3/t18-,20+,21+/m1/s1. The van der Waals surface area contributed by atoms with Gasteiger partial charge in [-0.1, -0.05) is 51.1 Å². The van der Waals surface area contributed by atoms with Crippen molar-refractivity contribution in [1.82, 2.24) is 5.32 Å². The summed E-state index contributed by atoms with van der Waals surface area (Å²) in [6.07, 6.45) is 4.73. The van der Waals surface area contributed by atoms with Crippen LogP contribution in [0.15, 0.2) is 30.3 Å². The molecule has 1 aliphatic rings. The third-order valence-corrected chi connectivity index (χ3v) is 6.12. The highest BCUT2D eigenvalue weighted by Crippen LogP contribution is 2.47. The normalized spacial score (nSPS) is 29.7. The lowest BCUT2D eigenvalue weighted by molar-refractivity contribution is -0.132. The Morgan fingerprint density at radius 2 is 1.87 bits per heavy atom. The summed E-state index contributed by atoms with van der Waals surface area (Å²) < 4.78 is 6.10. The van der Waals surface area contributed by atoms with Crippen molar-refractivity contribution in [2.75, 3.05) is 13.2 Å². The van der Waals surface area contributed by atoms with Crippen molar-refractivity contribution in [1.29, 1.82) is 0 Å². The van der Waals surface area contributed by atoms with Gasteiger partial charge < -0.3 is 10.1 Å². The predicted molar refractivity (Wildman–Crippen MR) is 98.6 cm³/mol. The minimum atomic E-state index is 0.0631. The summed E-state index contributed by atoms with van der Waals surface area (Å²) >= 11 is 0. The Morgan fingerprint density at radius 1 is 1.17 bits per heavy atom. The van der Waals surface area contributed by atoms with Crippen LogP contribution >= 0.6 is 0 Å². The van der Waals surface area contributed by atoms with Crippen molar-refractivity contribution in [3.8, 4) is 0 Å². The Balaban J connectivity index is 1.95. The first-order valence-electron chi connectivity index (χ1n) is 9.33. The lowest BCUT2D eigenvalue weighted by Crippen LogP contribution is -2.46. The van der Waals surface area contributed by atoms with Crippen molar-refractivity contribution < 1.29 is 4.74 Å². The molecule has 1 saturated heterocycles. The Kier molecular flexibility index (Phi) is 6.27. The van der Waals surface area contributed by atoms with Gasteiger partial charge in [-0.15, -0.1) is 0 Å². The fourth-order valence-corrected chi connectivity index (χ4v) is 4.00. The minimum Gasteiger partial charge on any atom is -0.375 e. The van der Waals surface area contributed by atoms with Gasteiger partial charge in [0.2, 0.25) is 0 Å². The van der Waals surface area contributed by atoms with Crippen LogP contribution in [0, 0.1) is 11.3 Å². The van der Waals surface area contributed by atoms with Gasteiger partial charge in [0, 0.05) is 12.6 Å². The Morgan fingerprint density at radius 3 is 2.48 bits per heavy atom. The predicted octanol–water partition coefficient (Wildman–Crippen LogP) is 5.35. The Labute approximate surface area is 143 Å². The van der Waals surface area contributed by atoms with Crippen molar-refractivity contribution in [3.05, 3.63) is 35.9 Å². The first kappa shape index (κ1) is 18.5. The largest absolute Gasteiger partial charge is 0.375 e. The van der Waals surface area contributed by atoms with Crippen LogP contribution in [-0.2, 0) is 4.74 Å². The van der Waals surface area contributed by atoms with E-state index in [-0.39, 0.29) is 5.60 Å². The summed E-state index contributed by atoms with van der Waals surface area (Å²) in [5.41, 5.74) is 1.84. The minimum absolute atomic E-state index is 0.0631. The lowest BCUT2D eigenvalue weighted by atomic mass is 9.64. The average Bonchev–Trinajstić information content (AvgIpc) is 2.55. The van der Waals surface area contributed by atoms with Crippen LogP contribution < -0.4 is 5.32 Å². The van der Waals surface area contributed by atoms with Crippen LogP contribution in [0.5, 0.6) is 0 Å². The number of ether oxygens (including phenoxy) is 1. The topological polar surface area (TPSA) is 21.3 Å². The molecule has 0 saturated carbocycles. The molecule has 1 aromatic rings. The molecule has 1 aromatic carbocycles. The van der Waals surface area contributed by atoms with Crippen LogP contribution in [0.4, 0.5) is 0 Å². The van der Waals surface area contributed by atoms with E-state index in [1.54, 1.807) is 0 Å². The average molecular weight is 318 g/mol. The van der Waals surface area contributed by atoms with Gasteiger partial charge in [-0.25, -0.2) is 0 Å². The van der Waals surface area contributed by atoms with E-state index >= 15 is 0 Å². The summed E-state index contributed by atoms with van der Waals surface area (Å²) in [7, 11) is 0. The van der Waals surface area contributed by atoms with Crippen LogP contribution in [0.2, 0.25) is 0 Å². The van der Waals surface area contributed by atoms with Gasteiger partial charge in [-0.05, 0) is 63.0 Å². The molecule has 0 bridgehead atoms. The van der Waals surface area contributed by atoms with Crippen molar-refractivity contribution in [2.45, 2.75) is 71.9 Å². The fourth-order valence-electron chi connectivity index (χ4n) is 4.00. The lowest BCUT2D eigenvalue weighted by Gasteiger charge is -2.49. The van der Waals surface area contributed by atoms with Gasteiger partial charge in [0.1, 0.15) is 0 Å². The molecule has 23 heavy (non-hydrogen) atoms. The summed E-state index contributed by atoms with van der Waals surface area (Å²) in [5.74, 6) is 0.700. The summed E-state index contributed by atoms with van der Waals surface area (Å²) in [6, 6.07) is 11.1. The maximum atomic E-state index is 6.10. The van der Waals surface area contributed by atoms with Crippen molar-refractivity contribution in [3.63, 3.8) is 0 Å². The first-order chi connectivity index (χ1) is 10.9. The molecule has 1 aliphatic heterocycles. The molecule has 3 atom stereocenters. The van der Waals surface area contributed by atoms with Gasteiger partial charge in [0.25, 0.3) is 0 Å². The molecule has 1 fully saturated rings. The van der Waals surface area contributed by atoms with Crippen LogP contribution in [-0.4, -0.2) is 18.8 Å². The molecule has 2 heteroatoms. The van der Waals surface area contributed by atoms with Crippen LogP contribution in [0.1, 0.15) is 71.9 Å². The molecular weight excluding hydrogens is 282 g/mol. The van der Waals surface area contributed by atoms with E-state index in [9.17, 15) is 0 Å². The zero-order valence-electron chi connectivity index (χ0n) is 15.7. The quantitative estimate of drug-likeness (QED) is 0.732. The molecule has 1 heterocycles. The highest BCUT2D eigenvalue weighted by molar-refractivity contribution is 5.18. The molecule has 0 aliphatic carbocycles. The number of nitrogens with one attached hydrogen (secondary N) is 1. The highest BCUT2D eigenvalue weighted by atomic mass is 16.5. The molecule has 130 valence electrons. The van der Waals surface area contributed by atoms with Gasteiger partial charge >= 0.3 is 0 Å². The van der Waals surface area contributed by atoms with E-state index in [1.165, 1.54) is 24.8 Å². The van der Waals surface area contributed by atoms with Gasteiger partial charge in [0.05, 0.1) is 5.60 Å². The third kappa shape index (κ3) is 4.58. The Hall–Kier alpha value is -0.860. The zero-order chi connectivity index (χ0) is 16.9. The zero-order valence-corrected chi connectivity index (χ0v) is 15.7. The Bertz CT molecular complexity index is 472. The number of hydrogen-bond acceptors (Lipinski definition) is 2. The summed E-state index contributed by atoms with van der Waals surface area (Å²) in [4.78, 5) is 0. The molecule has 2 nitrogen and oxygen atoms in total. The maximum Gasteiger partial charge on any atom is 0.0657 e. The number of benzene rings is 1. The van der Waals surface area contributed by atoms with E-state index in [0.717, 1.165) is 19.6 Å². The summed E-state index contributed by atoms with van der Waals surface area (Å²) in [6.45, 7) is 13.6. The first-order valence-corrected chi connectivity index (χ1v) is 9.33. The monoisotopic (exact) mass is 317 g/mol. The van der Waals surface area contributed by atoms with E-state index < -0.39 is 0 Å². The van der Waals surface area contributed by atoms with Gasteiger partial charge in [-0.3, -0.25) is 0 Å². The molecule has 0 amide bonds. The number of rotatable bonds is 7. The molecule has 2 rings (SSSR count). The van der Waals surface area contributed by atoms with Crippen molar-refractivity contribution >= 4 is 0 Å². The van der Waals surface area contributed by atoms with E-state index in [0.29, 0.717) is 17.4 Å².